The Kier molecular flexibility index (Phi) is 21.5. The number of ether oxygens (including phenoxy) is 2. The molecule has 35 heavy (non-hydrogen) atoms. The number of phosphoric acid groups is 1. The highest BCUT2D eigenvalue weighted by molar-refractivity contribution is 7.48. The molecule has 0 bridgehead atoms. The second kappa shape index (κ2) is 23.4. The van der Waals surface area contributed by atoms with Crippen LogP contribution < -0.4 is 4.89 Å². The lowest BCUT2D eigenvalue weighted by atomic mass is 10.0. The summed E-state index contributed by atoms with van der Waals surface area (Å²) in [4.78, 5) is 5.18. The summed E-state index contributed by atoms with van der Waals surface area (Å²) in [5.74, 6) is 0.425. The van der Waals surface area contributed by atoms with E-state index in [0.717, 1.165) is 19.3 Å². The molecule has 0 aliphatic carbocycles. The summed E-state index contributed by atoms with van der Waals surface area (Å²) in [6.45, 7) is 6.41. The fourth-order valence-corrected chi connectivity index (χ4v) is 4.50. The second-order valence-corrected chi connectivity index (χ2v) is 10.2. The van der Waals surface area contributed by atoms with E-state index >= 15 is 0 Å². The van der Waals surface area contributed by atoms with E-state index in [1.54, 1.807) is 24.3 Å². The molecule has 0 amide bonds. The SMILES string of the molecule is CCCCCCCCCCCCCCCOP(=O)(OCCOCCOCC)OOc1ccccc1. The molecule has 0 fully saturated rings. The van der Waals surface area contributed by atoms with Gasteiger partial charge in [-0.1, -0.05) is 107 Å². The highest BCUT2D eigenvalue weighted by Crippen LogP contribution is 2.49. The predicted octanol–water partition coefficient (Wildman–Crippen LogP) is 8.28. The van der Waals surface area contributed by atoms with Crippen molar-refractivity contribution in [2.45, 2.75) is 97.3 Å². The van der Waals surface area contributed by atoms with Crippen LogP contribution in [0.1, 0.15) is 97.3 Å². The Morgan fingerprint density at radius 3 is 1.71 bits per heavy atom. The van der Waals surface area contributed by atoms with Crippen LogP contribution in [0.15, 0.2) is 30.3 Å². The van der Waals surface area contributed by atoms with Gasteiger partial charge in [-0.05, 0) is 25.5 Å². The molecular weight excluding hydrogens is 467 g/mol. The van der Waals surface area contributed by atoms with Crippen LogP contribution in [-0.2, 0) is 27.8 Å². The number of hydrogen-bond donors (Lipinski definition) is 0. The van der Waals surface area contributed by atoms with Gasteiger partial charge in [0.1, 0.15) is 0 Å². The van der Waals surface area contributed by atoms with Gasteiger partial charge in [0, 0.05) is 6.61 Å². The molecule has 1 aromatic carbocycles. The lowest BCUT2D eigenvalue weighted by molar-refractivity contribution is -0.134. The smallest absolute Gasteiger partial charge is 0.379 e. The van der Waals surface area contributed by atoms with E-state index in [0.29, 0.717) is 32.2 Å². The fourth-order valence-electron chi connectivity index (χ4n) is 3.51. The van der Waals surface area contributed by atoms with Gasteiger partial charge < -0.3 is 14.4 Å². The highest BCUT2D eigenvalue weighted by Gasteiger charge is 2.29. The first-order chi connectivity index (χ1) is 17.2. The zero-order valence-corrected chi connectivity index (χ0v) is 23.0. The number of phosphoric ester groups is 1. The maximum absolute atomic E-state index is 13.0. The van der Waals surface area contributed by atoms with Crippen LogP contribution >= 0.6 is 7.82 Å². The molecule has 0 aliphatic rings. The molecule has 0 radical (unpaired) electrons. The average molecular weight is 517 g/mol. The highest BCUT2D eigenvalue weighted by atomic mass is 31.2. The van der Waals surface area contributed by atoms with Gasteiger partial charge in [0.25, 0.3) is 0 Å². The predicted molar refractivity (Wildman–Crippen MR) is 141 cm³/mol. The average Bonchev–Trinajstić information content (AvgIpc) is 2.88. The minimum absolute atomic E-state index is 0.0696. The normalized spacial score (nSPS) is 13.1. The third-order valence-electron chi connectivity index (χ3n) is 5.52. The number of rotatable bonds is 26. The summed E-state index contributed by atoms with van der Waals surface area (Å²) in [5.41, 5.74) is 0. The molecule has 7 nitrogen and oxygen atoms in total. The molecule has 0 spiro atoms. The van der Waals surface area contributed by atoms with Gasteiger partial charge in [-0.15, -0.1) is 0 Å². The zero-order chi connectivity index (χ0) is 25.3. The van der Waals surface area contributed by atoms with Gasteiger partial charge in [0.15, 0.2) is 5.75 Å². The van der Waals surface area contributed by atoms with E-state index in [-0.39, 0.29) is 13.2 Å². The summed E-state index contributed by atoms with van der Waals surface area (Å²) in [6.07, 6.45) is 16.4. The maximum atomic E-state index is 13.0. The van der Waals surface area contributed by atoms with Crippen molar-refractivity contribution >= 4 is 7.82 Å². The van der Waals surface area contributed by atoms with Crippen LogP contribution in [0.25, 0.3) is 0 Å². The van der Waals surface area contributed by atoms with Gasteiger partial charge in [-0.25, -0.2) is 4.57 Å². The standard InChI is InChI=1S/C27H49O7P/c1-3-5-6-7-8-9-10-11-12-13-14-15-19-22-31-35(28,32-26-25-30-24-23-29-4-2)34-33-27-20-17-16-18-21-27/h16-18,20-21H,3-15,19,22-26H2,1-2H3. The Hall–Kier alpha value is -0.950. The quantitative estimate of drug-likeness (QED) is 0.0531. The summed E-state index contributed by atoms with van der Waals surface area (Å²) in [6, 6.07) is 8.85. The molecule has 0 aromatic heterocycles. The maximum Gasteiger partial charge on any atom is 0.511 e. The van der Waals surface area contributed by atoms with Gasteiger partial charge >= 0.3 is 7.82 Å². The zero-order valence-electron chi connectivity index (χ0n) is 22.1. The molecule has 0 aliphatic heterocycles. The molecule has 0 N–H and O–H groups in total. The van der Waals surface area contributed by atoms with Crippen LogP contribution in [0.5, 0.6) is 5.75 Å². The molecule has 0 saturated heterocycles. The molecule has 0 saturated carbocycles. The molecule has 1 atom stereocenters. The van der Waals surface area contributed by atoms with Crippen LogP contribution in [0.3, 0.4) is 0 Å². The van der Waals surface area contributed by atoms with Crippen molar-refractivity contribution in [1.29, 1.82) is 0 Å². The van der Waals surface area contributed by atoms with Crippen molar-refractivity contribution in [1.82, 2.24) is 0 Å². The van der Waals surface area contributed by atoms with Crippen molar-refractivity contribution in [3.63, 3.8) is 0 Å². The van der Waals surface area contributed by atoms with Crippen molar-refractivity contribution in [3.8, 4) is 5.75 Å². The lowest BCUT2D eigenvalue weighted by Crippen LogP contribution is -2.11. The molecule has 1 rings (SSSR count). The monoisotopic (exact) mass is 516 g/mol. The third kappa shape index (κ3) is 19.9. The minimum atomic E-state index is -3.86. The van der Waals surface area contributed by atoms with Crippen molar-refractivity contribution in [2.75, 3.05) is 39.6 Å². The Balaban J connectivity index is 2.16. The van der Waals surface area contributed by atoms with E-state index in [1.807, 2.05) is 13.0 Å². The van der Waals surface area contributed by atoms with Gasteiger partial charge in [0.2, 0.25) is 0 Å². The molecular formula is C27H49O7P. The van der Waals surface area contributed by atoms with Crippen LogP contribution in [0.4, 0.5) is 0 Å². The van der Waals surface area contributed by atoms with E-state index in [2.05, 4.69) is 6.92 Å². The molecule has 1 aromatic rings. The van der Waals surface area contributed by atoms with Gasteiger partial charge in [-0.3, -0.25) is 9.05 Å². The topological polar surface area (TPSA) is 72.5 Å². The van der Waals surface area contributed by atoms with Crippen molar-refractivity contribution in [2.24, 2.45) is 0 Å². The van der Waals surface area contributed by atoms with Crippen molar-refractivity contribution in [3.05, 3.63) is 30.3 Å². The summed E-state index contributed by atoms with van der Waals surface area (Å²) < 4.78 is 39.6. The van der Waals surface area contributed by atoms with Crippen LogP contribution in [0, 0.1) is 0 Å². The number of benzene rings is 1. The lowest BCUT2D eigenvalue weighted by Gasteiger charge is -2.17. The first-order valence-corrected chi connectivity index (χ1v) is 15.1. The van der Waals surface area contributed by atoms with Gasteiger partial charge in [0.05, 0.1) is 33.0 Å². The number of unbranched alkanes of at least 4 members (excludes halogenated alkanes) is 12. The number of hydrogen-bond acceptors (Lipinski definition) is 7. The fraction of sp³-hybridized carbons (Fsp3) is 0.778. The largest absolute Gasteiger partial charge is 0.511 e. The Morgan fingerprint density at radius 1 is 0.600 bits per heavy atom. The molecule has 8 heteroatoms. The minimum Gasteiger partial charge on any atom is -0.379 e. The van der Waals surface area contributed by atoms with E-state index < -0.39 is 7.82 Å². The number of para-hydroxylation sites is 1. The van der Waals surface area contributed by atoms with Crippen molar-refractivity contribution < 1.29 is 32.6 Å². The second-order valence-electron chi connectivity index (χ2n) is 8.64. The van der Waals surface area contributed by atoms with Gasteiger partial charge in [-0.2, -0.15) is 0 Å². The molecule has 0 heterocycles. The van der Waals surface area contributed by atoms with Crippen LogP contribution in [0.2, 0.25) is 0 Å². The molecule has 1 unspecified atom stereocenters. The summed E-state index contributed by atoms with van der Waals surface area (Å²) in [7, 11) is -3.86. The summed E-state index contributed by atoms with van der Waals surface area (Å²) in [5, 5.41) is 0. The Bertz CT molecular complexity index is 615. The Labute approximate surface area is 213 Å². The summed E-state index contributed by atoms with van der Waals surface area (Å²) >= 11 is 0. The molecule has 204 valence electrons. The Morgan fingerprint density at radius 2 is 1.11 bits per heavy atom. The van der Waals surface area contributed by atoms with E-state index in [9.17, 15) is 4.57 Å². The van der Waals surface area contributed by atoms with E-state index in [1.165, 1.54) is 64.2 Å². The van der Waals surface area contributed by atoms with E-state index in [4.69, 9.17) is 28.1 Å². The van der Waals surface area contributed by atoms with Crippen LogP contribution in [-0.4, -0.2) is 39.6 Å². The first kappa shape index (κ1) is 32.1. The third-order valence-corrected chi connectivity index (χ3v) is 6.77. The first-order valence-electron chi connectivity index (χ1n) is 13.7.